The number of carbonyl (C=O) groups is 3. The second-order valence-electron chi connectivity index (χ2n) is 9.48. The summed E-state index contributed by atoms with van der Waals surface area (Å²) in [5, 5.41) is 0. The summed E-state index contributed by atoms with van der Waals surface area (Å²) >= 11 is 3.40. The van der Waals surface area contributed by atoms with Crippen LogP contribution in [0.3, 0.4) is 0 Å². The van der Waals surface area contributed by atoms with Crippen molar-refractivity contribution in [3.05, 3.63) is 76.3 Å². The van der Waals surface area contributed by atoms with Gasteiger partial charge in [0.25, 0.3) is 5.91 Å². The van der Waals surface area contributed by atoms with Gasteiger partial charge < -0.3 is 0 Å². The third-order valence-corrected chi connectivity index (χ3v) is 8.25. The van der Waals surface area contributed by atoms with Gasteiger partial charge in [-0.15, -0.1) is 0 Å². The molecule has 4 aliphatic carbocycles. The first-order valence-corrected chi connectivity index (χ1v) is 11.9. The number of benzene rings is 2. The van der Waals surface area contributed by atoms with E-state index in [9.17, 15) is 14.4 Å². The first-order valence-electron chi connectivity index (χ1n) is 11.1. The molecule has 0 N–H and O–H groups in total. The lowest BCUT2D eigenvalue weighted by atomic mass is 9.63. The topological polar surface area (TPSA) is 57.7 Å². The lowest BCUT2D eigenvalue weighted by Crippen LogP contribution is -2.45. The molecule has 32 heavy (non-hydrogen) atoms. The summed E-state index contributed by atoms with van der Waals surface area (Å²) in [6.07, 6.45) is 5.46. The lowest BCUT2D eigenvalue weighted by Gasteiger charge is -2.37. The van der Waals surface area contributed by atoms with Crippen molar-refractivity contribution < 1.29 is 14.4 Å². The van der Waals surface area contributed by atoms with Crippen molar-refractivity contribution in [3.8, 4) is 0 Å². The number of aryl methyl sites for hydroxylation is 1. The molecule has 2 bridgehead atoms. The summed E-state index contributed by atoms with van der Waals surface area (Å²) < 4.78 is 0.881. The van der Waals surface area contributed by atoms with Gasteiger partial charge in [-0.25, -0.2) is 0 Å². The number of imide groups is 1. The maximum Gasteiger partial charge on any atom is 0.259 e. The predicted octanol–water partition coefficient (Wildman–Crippen LogP) is 4.41. The molecule has 5 nitrogen and oxygen atoms in total. The van der Waals surface area contributed by atoms with Gasteiger partial charge in [-0.1, -0.05) is 45.8 Å². The molecular formula is C26H23BrN2O3. The zero-order chi connectivity index (χ0) is 22.1. The Hall–Kier alpha value is -2.73. The maximum atomic E-state index is 13.5. The molecule has 3 fully saturated rings. The summed E-state index contributed by atoms with van der Waals surface area (Å²) in [4.78, 5) is 43.3. The highest BCUT2D eigenvalue weighted by molar-refractivity contribution is 9.10. The molecule has 2 aromatic carbocycles. The van der Waals surface area contributed by atoms with Crippen molar-refractivity contribution in [3.63, 3.8) is 0 Å². The molecule has 1 saturated heterocycles. The standard InChI is InChI=1S/C26H23BrN2O3/c1-14-2-8-17(9-3-14)28(24(30)15-4-6-16(27)7-5-15)13-29-25(31)22-18-10-11-19(21-12-20(18)21)23(22)26(29)32/h2-11,18-23H,12-13H2,1H3. The molecule has 1 aliphatic heterocycles. The molecule has 1 heterocycles. The largest absolute Gasteiger partial charge is 0.290 e. The Morgan fingerprint density at radius 3 is 2.06 bits per heavy atom. The Kier molecular flexibility index (Phi) is 4.44. The second-order valence-corrected chi connectivity index (χ2v) is 10.4. The van der Waals surface area contributed by atoms with E-state index in [4.69, 9.17) is 0 Å². The van der Waals surface area contributed by atoms with Gasteiger partial charge in [0.15, 0.2) is 0 Å². The Labute approximate surface area is 195 Å². The van der Waals surface area contributed by atoms with Crippen LogP contribution < -0.4 is 4.90 Å². The van der Waals surface area contributed by atoms with Gasteiger partial charge in [0.05, 0.1) is 11.8 Å². The van der Waals surface area contributed by atoms with E-state index in [-0.39, 0.29) is 48.1 Å². The zero-order valence-corrected chi connectivity index (χ0v) is 19.2. The smallest absolute Gasteiger partial charge is 0.259 e. The average molecular weight is 491 g/mol. The number of halogens is 1. The van der Waals surface area contributed by atoms with Crippen LogP contribution in [0.2, 0.25) is 0 Å². The fourth-order valence-electron chi connectivity index (χ4n) is 6.04. The highest BCUT2D eigenvalue weighted by Crippen LogP contribution is 2.65. The fraction of sp³-hybridized carbons (Fsp3) is 0.346. The van der Waals surface area contributed by atoms with Crippen molar-refractivity contribution >= 4 is 39.3 Å². The van der Waals surface area contributed by atoms with Crippen LogP contribution >= 0.6 is 15.9 Å². The van der Waals surface area contributed by atoms with Crippen LogP contribution in [0.25, 0.3) is 0 Å². The Balaban J connectivity index is 1.33. The SMILES string of the molecule is Cc1ccc(N(CN2C(=O)C3C4C=CC(C5CC45)C3C2=O)C(=O)c2ccc(Br)cc2)cc1. The first-order chi connectivity index (χ1) is 15.4. The van der Waals surface area contributed by atoms with E-state index < -0.39 is 0 Å². The summed E-state index contributed by atoms with van der Waals surface area (Å²) in [7, 11) is 0. The van der Waals surface area contributed by atoms with E-state index in [0.717, 1.165) is 16.5 Å². The molecule has 6 heteroatoms. The molecule has 2 saturated carbocycles. The number of nitrogens with zero attached hydrogens (tertiary/aromatic N) is 2. The van der Waals surface area contributed by atoms with Crippen LogP contribution in [0.1, 0.15) is 22.3 Å². The Morgan fingerprint density at radius 1 is 0.938 bits per heavy atom. The number of hydrogen-bond acceptors (Lipinski definition) is 3. The highest BCUT2D eigenvalue weighted by atomic mass is 79.9. The molecule has 2 aromatic rings. The Morgan fingerprint density at radius 2 is 1.50 bits per heavy atom. The van der Waals surface area contributed by atoms with Crippen molar-refractivity contribution in [2.45, 2.75) is 13.3 Å². The van der Waals surface area contributed by atoms with Crippen LogP contribution in [0, 0.1) is 42.4 Å². The second kappa shape index (κ2) is 7.14. The predicted molar refractivity (Wildman–Crippen MR) is 124 cm³/mol. The van der Waals surface area contributed by atoms with Crippen molar-refractivity contribution in [2.75, 3.05) is 11.6 Å². The van der Waals surface area contributed by atoms with E-state index in [1.54, 1.807) is 17.0 Å². The van der Waals surface area contributed by atoms with Crippen molar-refractivity contribution in [1.82, 2.24) is 4.90 Å². The molecule has 5 aliphatic rings. The van der Waals surface area contributed by atoms with E-state index in [1.807, 2.05) is 43.3 Å². The van der Waals surface area contributed by atoms with Crippen LogP contribution in [0.5, 0.6) is 0 Å². The van der Waals surface area contributed by atoms with Gasteiger partial charge in [0.2, 0.25) is 11.8 Å². The van der Waals surface area contributed by atoms with Gasteiger partial charge in [0.1, 0.15) is 6.67 Å². The molecule has 0 aromatic heterocycles. The van der Waals surface area contributed by atoms with E-state index in [1.165, 1.54) is 4.90 Å². The van der Waals surface area contributed by atoms with E-state index >= 15 is 0 Å². The molecule has 162 valence electrons. The summed E-state index contributed by atoms with van der Waals surface area (Å²) in [5.74, 6) is 0.461. The quantitative estimate of drug-likeness (QED) is 0.470. The molecule has 0 radical (unpaired) electrons. The molecule has 0 spiro atoms. The average Bonchev–Trinajstić information content (AvgIpc) is 3.58. The summed E-state index contributed by atoms with van der Waals surface area (Å²) in [5.41, 5.74) is 2.25. The Bertz CT molecular complexity index is 1120. The molecule has 6 unspecified atom stereocenters. The van der Waals surface area contributed by atoms with Crippen LogP contribution in [-0.2, 0) is 9.59 Å². The highest BCUT2D eigenvalue weighted by Gasteiger charge is 2.67. The molecule has 3 amide bonds. The monoisotopic (exact) mass is 490 g/mol. The number of hydrogen-bond donors (Lipinski definition) is 0. The third kappa shape index (κ3) is 2.92. The normalized spacial score (nSPS) is 31.5. The first kappa shape index (κ1) is 19.9. The van der Waals surface area contributed by atoms with Gasteiger partial charge >= 0.3 is 0 Å². The molecule has 6 atom stereocenters. The number of carbonyl (C=O) groups excluding carboxylic acids is 3. The summed E-state index contributed by atoms with van der Waals surface area (Å²) in [6.45, 7) is 1.92. The number of amides is 3. The minimum absolute atomic E-state index is 0.0581. The van der Waals surface area contributed by atoms with Crippen LogP contribution in [0.4, 0.5) is 5.69 Å². The fourth-order valence-corrected chi connectivity index (χ4v) is 6.30. The third-order valence-electron chi connectivity index (χ3n) is 7.72. The maximum absolute atomic E-state index is 13.5. The zero-order valence-electron chi connectivity index (χ0n) is 17.6. The van der Waals surface area contributed by atoms with Crippen molar-refractivity contribution in [1.29, 1.82) is 0 Å². The van der Waals surface area contributed by atoms with Crippen LogP contribution in [0.15, 0.2) is 65.2 Å². The molecule has 7 rings (SSSR count). The van der Waals surface area contributed by atoms with E-state index in [0.29, 0.717) is 23.1 Å². The van der Waals surface area contributed by atoms with Gasteiger partial charge in [-0.3, -0.25) is 24.2 Å². The van der Waals surface area contributed by atoms with Gasteiger partial charge in [-0.05, 0) is 73.4 Å². The van der Waals surface area contributed by atoms with Gasteiger partial charge in [0, 0.05) is 15.7 Å². The van der Waals surface area contributed by atoms with E-state index in [2.05, 4.69) is 28.1 Å². The van der Waals surface area contributed by atoms with Gasteiger partial charge in [-0.2, -0.15) is 0 Å². The minimum Gasteiger partial charge on any atom is -0.290 e. The number of allylic oxidation sites excluding steroid dienone is 2. The number of anilines is 1. The van der Waals surface area contributed by atoms with Crippen molar-refractivity contribution in [2.24, 2.45) is 35.5 Å². The molecular weight excluding hydrogens is 468 g/mol. The minimum atomic E-state index is -0.260. The number of likely N-dealkylation sites (tertiary alicyclic amines) is 1. The lowest BCUT2D eigenvalue weighted by molar-refractivity contribution is -0.140. The number of rotatable bonds is 4. The van der Waals surface area contributed by atoms with Crippen LogP contribution in [-0.4, -0.2) is 29.3 Å². The summed E-state index contributed by atoms with van der Waals surface area (Å²) in [6, 6.07) is 14.7.